The van der Waals surface area contributed by atoms with Crippen LogP contribution in [0.4, 0.5) is 22.0 Å². The number of hydrogen-bond acceptors (Lipinski definition) is 2. The maximum absolute atomic E-state index is 13.3. The second-order valence-electron chi connectivity index (χ2n) is 3.42. The molecule has 0 saturated carbocycles. The van der Waals surface area contributed by atoms with Crippen LogP contribution in [0.25, 0.3) is 11.1 Å². The highest BCUT2D eigenvalue weighted by Gasteiger charge is 2.30. The summed E-state index contributed by atoms with van der Waals surface area (Å²) in [5, 5.41) is 0. The topological polar surface area (TPSA) is 25.8 Å². The highest BCUT2D eigenvalue weighted by Crippen LogP contribution is 2.31. The fraction of sp³-hybridized carbons (Fsp3) is 0.0909. The first kappa shape index (κ1) is 12.4. The largest absolute Gasteiger partial charge is 0.416 e. The number of benzene rings is 1. The third kappa shape index (κ3) is 2.44. The second kappa shape index (κ2) is 4.32. The monoisotopic (exact) mass is 260 g/mol. The number of halogens is 5. The van der Waals surface area contributed by atoms with Gasteiger partial charge in [-0.2, -0.15) is 26.9 Å². The lowest BCUT2D eigenvalue weighted by atomic mass is 10.1. The molecule has 2 nitrogen and oxygen atoms in total. The predicted octanol–water partition coefficient (Wildman–Crippen LogP) is 3.44. The minimum Gasteiger partial charge on any atom is -0.210 e. The van der Waals surface area contributed by atoms with Crippen LogP contribution in [0, 0.1) is 12.0 Å². The van der Waals surface area contributed by atoms with Gasteiger partial charge in [0.1, 0.15) is 0 Å². The number of rotatable bonds is 1. The number of aromatic nitrogens is 2. The van der Waals surface area contributed by atoms with E-state index in [2.05, 4.69) is 9.97 Å². The van der Waals surface area contributed by atoms with Crippen molar-refractivity contribution in [3.63, 3.8) is 0 Å². The highest BCUT2D eigenvalue weighted by molar-refractivity contribution is 5.62. The van der Waals surface area contributed by atoms with Crippen LogP contribution in [-0.4, -0.2) is 9.97 Å². The molecule has 7 heteroatoms. The van der Waals surface area contributed by atoms with E-state index in [-0.39, 0.29) is 11.1 Å². The van der Waals surface area contributed by atoms with E-state index in [4.69, 9.17) is 0 Å². The van der Waals surface area contributed by atoms with E-state index in [0.29, 0.717) is 0 Å². The molecule has 0 N–H and O–H groups in total. The summed E-state index contributed by atoms with van der Waals surface area (Å²) in [5.41, 5.74) is -0.875. The molecule has 0 aliphatic heterocycles. The Morgan fingerprint density at radius 3 is 2.06 bits per heavy atom. The molecular weight excluding hydrogens is 255 g/mol. The molecule has 1 heterocycles. The lowest BCUT2D eigenvalue weighted by molar-refractivity contribution is -0.137. The number of hydrogen-bond donors (Lipinski definition) is 0. The summed E-state index contributed by atoms with van der Waals surface area (Å²) in [7, 11) is 0. The smallest absolute Gasteiger partial charge is 0.210 e. The van der Waals surface area contributed by atoms with Gasteiger partial charge in [-0.05, 0) is 17.7 Å². The van der Waals surface area contributed by atoms with Crippen molar-refractivity contribution in [2.75, 3.05) is 0 Å². The number of alkyl halides is 3. The van der Waals surface area contributed by atoms with Crippen LogP contribution < -0.4 is 0 Å². The van der Waals surface area contributed by atoms with E-state index in [9.17, 15) is 22.0 Å². The molecule has 2 aromatic rings. The number of nitrogens with zero attached hydrogens (tertiary/aromatic N) is 2. The molecule has 94 valence electrons. The van der Waals surface area contributed by atoms with Gasteiger partial charge in [0.2, 0.25) is 5.95 Å². The molecule has 0 atom stereocenters. The van der Waals surface area contributed by atoms with Crippen molar-refractivity contribution in [3.05, 3.63) is 48.1 Å². The normalized spacial score (nSPS) is 11.6. The van der Waals surface area contributed by atoms with Crippen LogP contribution in [0.3, 0.4) is 0 Å². The van der Waals surface area contributed by atoms with Crippen LogP contribution in [-0.2, 0) is 6.18 Å². The summed E-state index contributed by atoms with van der Waals surface area (Å²) in [4.78, 5) is 6.00. The van der Waals surface area contributed by atoms with E-state index >= 15 is 0 Å². The maximum Gasteiger partial charge on any atom is 0.416 e. The minimum atomic E-state index is -4.46. The third-order valence-electron chi connectivity index (χ3n) is 2.24. The van der Waals surface area contributed by atoms with E-state index in [1.165, 1.54) is 0 Å². The molecular formula is C11H5F5N2. The van der Waals surface area contributed by atoms with Gasteiger partial charge in [-0.25, -0.2) is 4.98 Å². The van der Waals surface area contributed by atoms with Crippen LogP contribution in [0.5, 0.6) is 0 Å². The summed E-state index contributed by atoms with van der Waals surface area (Å²) in [6, 6.07) is 3.75. The van der Waals surface area contributed by atoms with Crippen LogP contribution >= 0.6 is 0 Å². The molecule has 0 aliphatic carbocycles. The molecule has 0 aliphatic rings. The van der Waals surface area contributed by atoms with Gasteiger partial charge in [-0.15, -0.1) is 0 Å². The molecule has 0 bridgehead atoms. The molecule has 0 unspecified atom stereocenters. The SMILES string of the molecule is Fc1ncc(-c2ccc(C(F)(F)F)cc2)c(F)n1. The Morgan fingerprint density at radius 1 is 0.944 bits per heavy atom. The zero-order valence-electron chi connectivity index (χ0n) is 8.67. The first-order valence-corrected chi connectivity index (χ1v) is 4.73. The van der Waals surface area contributed by atoms with Crippen molar-refractivity contribution in [2.24, 2.45) is 0 Å². The second-order valence-corrected chi connectivity index (χ2v) is 3.42. The molecule has 0 saturated heterocycles. The van der Waals surface area contributed by atoms with Gasteiger partial charge < -0.3 is 0 Å². The first-order chi connectivity index (χ1) is 8.38. The quantitative estimate of drug-likeness (QED) is 0.446. The fourth-order valence-corrected chi connectivity index (χ4v) is 1.37. The minimum absolute atomic E-state index is 0.139. The fourth-order valence-electron chi connectivity index (χ4n) is 1.37. The van der Waals surface area contributed by atoms with Crippen molar-refractivity contribution in [2.45, 2.75) is 6.18 Å². The summed E-state index contributed by atoms with van der Waals surface area (Å²) in [6.45, 7) is 0. The summed E-state index contributed by atoms with van der Waals surface area (Å²) < 4.78 is 62.6. The molecule has 2 rings (SSSR count). The summed E-state index contributed by atoms with van der Waals surface area (Å²) in [6.07, 6.45) is -4.82. The van der Waals surface area contributed by atoms with Crippen LogP contribution in [0.2, 0.25) is 0 Å². The van der Waals surface area contributed by atoms with Gasteiger partial charge in [-0.3, -0.25) is 0 Å². The molecule has 1 aromatic carbocycles. The molecule has 0 radical (unpaired) electrons. The Labute approximate surface area is 98.1 Å². The van der Waals surface area contributed by atoms with E-state index < -0.39 is 23.8 Å². The molecule has 0 spiro atoms. The van der Waals surface area contributed by atoms with Gasteiger partial charge in [-0.1, -0.05) is 12.1 Å². The lowest BCUT2D eigenvalue weighted by Crippen LogP contribution is -2.04. The average Bonchev–Trinajstić information content (AvgIpc) is 2.28. The molecule has 0 amide bonds. The van der Waals surface area contributed by atoms with Gasteiger partial charge in [0.15, 0.2) is 0 Å². The Hall–Kier alpha value is -2.05. The van der Waals surface area contributed by atoms with Gasteiger partial charge in [0, 0.05) is 6.20 Å². The first-order valence-electron chi connectivity index (χ1n) is 4.73. The van der Waals surface area contributed by atoms with Crippen LogP contribution in [0.1, 0.15) is 5.56 Å². The van der Waals surface area contributed by atoms with Crippen LogP contribution in [0.15, 0.2) is 30.5 Å². The molecule has 18 heavy (non-hydrogen) atoms. The van der Waals surface area contributed by atoms with Crippen molar-refractivity contribution in [1.82, 2.24) is 9.97 Å². The van der Waals surface area contributed by atoms with E-state index in [1.807, 2.05) is 0 Å². The van der Waals surface area contributed by atoms with E-state index in [0.717, 1.165) is 30.5 Å². The average molecular weight is 260 g/mol. The van der Waals surface area contributed by atoms with Crippen molar-refractivity contribution in [3.8, 4) is 11.1 Å². The van der Waals surface area contributed by atoms with Crippen molar-refractivity contribution in [1.29, 1.82) is 0 Å². The predicted molar refractivity (Wildman–Crippen MR) is 52.4 cm³/mol. The Kier molecular flexibility index (Phi) is 2.98. The standard InChI is InChI=1S/C11H5F5N2/c12-9-8(5-17-10(13)18-9)6-1-3-7(4-2-6)11(14,15)16/h1-5H. The summed E-state index contributed by atoms with van der Waals surface area (Å²) >= 11 is 0. The lowest BCUT2D eigenvalue weighted by Gasteiger charge is -2.07. The zero-order chi connectivity index (χ0) is 13.3. The Balaban J connectivity index is 2.41. The maximum atomic E-state index is 13.3. The van der Waals surface area contributed by atoms with Crippen molar-refractivity contribution < 1.29 is 22.0 Å². The molecule has 0 fully saturated rings. The van der Waals surface area contributed by atoms with Crippen molar-refractivity contribution >= 4 is 0 Å². The molecule has 1 aromatic heterocycles. The Morgan fingerprint density at radius 2 is 1.56 bits per heavy atom. The van der Waals surface area contributed by atoms with Gasteiger partial charge in [0.25, 0.3) is 0 Å². The van der Waals surface area contributed by atoms with E-state index in [1.54, 1.807) is 0 Å². The zero-order valence-corrected chi connectivity index (χ0v) is 8.67. The summed E-state index contributed by atoms with van der Waals surface area (Å²) in [5.74, 6) is -1.12. The van der Waals surface area contributed by atoms with Gasteiger partial charge >= 0.3 is 12.3 Å². The highest BCUT2D eigenvalue weighted by atomic mass is 19.4. The van der Waals surface area contributed by atoms with Gasteiger partial charge in [0.05, 0.1) is 11.1 Å². The third-order valence-corrected chi connectivity index (χ3v) is 2.24. The Bertz CT molecular complexity index is 563.